The van der Waals surface area contributed by atoms with Crippen molar-refractivity contribution in [1.82, 2.24) is 0 Å². The van der Waals surface area contributed by atoms with Gasteiger partial charge in [0.25, 0.3) is 17.7 Å². The summed E-state index contributed by atoms with van der Waals surface area (Å²) in [5.74, 6) is -0.332. The Hall–Kier alpha value is -4.34. The lowest BCUT2D eigenvalue weighted by atomic mass is 10.1. The molecule has 0 atom stereocenters. The van der Waals surface area contributed by atoms with Gasteiger partial charge in [-0.2, -0.15) is 0 Å². The number of methoxy groups -OCH3 is 1. The minimum atomic E-state index is -0.429. The van der Waals surface area contributed by atoms with Crippen molar-refractivity contribution in [1.29, 1.82) is 0 Å². The number of anilines is 3. The molecule has 0 aliphatic carbocycles. The first-order valence-electron chi connectivity index (χ1n) is 12.1. The first kappa shape index (κ1) is 26.3. The Kier molecular flexibility index (Phi) is 7.53. The van der Waals surface area contributed by atoms with E-state index in [2.05, 4.69) is 10.6 Å². The van der Waals surface area contributed by atoms with E-state index in [1.807, 2.05) is 49.6 Å². The fourth-order valence-electron chi connectivity index (χ4n) is 3.96. The van der Waals surface area contributed by atoms with E-state index < -0.39 is 11.8 Å². The lowest BCUT2D eigenvalue weighted by Gasteiger charge is -2.16. The number of imide groups is 1. The summed E-state index contributed by atoms with van der Waals surface area (Å²) >= 11 is 2.57. The highest BCUT2D eigenvalue weighted by Gasteiger charge is 2.40. The fraction of sp³-hybridized carbons (Fsp3) is 0.100. The highest BCUT2D eigenvalue weighted by molar-refractivity contribution is 8.04. The molecule has 3 aromatic carbocycles. The van der Waals surface area contributed by atoms with Crippen LogP contribution in [0.3, 0.4) is 0 Å². The molecule has 0 unspecified atom stereocenters. The third kappa shape index (κ3) is 5.59. The lowest BCUT2D eigenvalue weighted by molar-refractivity contribution is -0.120. The number of thioether (sulfide) groups is 1. The van der Waals surface area contributed by atoms with Crippen molar-refractivity contribution in [2.24, 2.45) is 0 Å². The van der Waals surface area contributed by atoms with Crippen LogP contribution in [0.2, 0.25) is 0 Å². The van der Waals surface area contributed by atoms with Crippen LogP contribution in [-0.2, 0) is 9.59 Å². The number of hydrogen-bond acceptors (Lipinski definition) is 7. The SMILES string of the molecule is COc1ccc(NC2=C(Sc3ccc(NC(=O)c4cccs4)cc3)C(=O)N(c3ccc(C)c(C)c3)C2=O)cc1. The molecule has 2 heterocycles. The summed E-state index contributed by atoms with van der Waals surface area (Å²) in [6.07, 6.45) is 0. The summed E-state index contributed by atoms with van der Waals surface area (Å²) in [5.41, 5.74) is 4.06. The smallest absolute Gasteiger partial charge is 0.283 e. The van der Waals surface area contributed by atoms with E-state index in [0.717, 1.165) is 16.0 Å². The zero-order chi connectivity index (χ0) is 27.5. The normalized spacial score (nSPS) is 13.2. The Balaban J connectivity index is 1.43. The van der Waals surface area contributed by atoms with Crippen LogP contribution in [0.25, 0.3) is 0 Å². The molecule has 0 bridgehead atoms. The van der Waals surface area contributed by atoms with Gasteiger partial charge in [0.1, 0.15) is 16.4 Å². The van der Waals surface area contributed by atoms with Gasteiger partial charge in [-0.05, 0) is 97.1 Å². The van der Waals surface area contributed by atoms with Crippen LogP contribution in [0.4, 0.5) is 17.1 Å². The third-order valence-electron chi connectivity index (χ3n) is 6.23. The Morgan fingerprint density at radius 3 is 2.23 bits per heavy atom. The molecule has 7 nitrogen and oxygen atoms in total. The van der Waals surface area contributed by atoms with Crippen molar-refractivity contribution >= 4 is 57.9 Å². The van der Waals surface area contributed by atoms with Gasteiger partial charge < -0.3 is 15.4 Å². The summed E-state index contributed by atoms with van der Waals surface area (Å²) in [6.45, 7) is 3.93. The molecule has 9 heteroatoms. The number of nitrogens with zero attached hydrogens (tertiary/aromatic N) is 1. The molecule has 0 saturated carbocycles. The number of rotatable bonds is 8. The minimum absolute atomic E-state index is 0.181. The molecule has 0 radical (unpaired) electrons. The van der Waals surface area contributed by atoms with E-state index in [9.17, 15) is 14.4 Å². The van der Waals surface area contributed by atoms with Gasteiger partial charge in [0.15, 0.2) is 0 Å². The second-order valence-corrected chi connectivity index (χ2v) is 10.9. The maximum Gasteiger partial charge on any atom is 0.283 e. The van der Waals surface area contributed by atoms with Crippen molar-refractivity contribution < 1.29 is 19.1 Å². The van der Waals surface area contributed by atoms with Crippen molar-refractivity contribution in [3.8, 4) is 5.75 Å². The number of nitrogens with one attached hydrogen (secondary N) is 2. The van der Waals surface area contributed by atoms with Crippen LogP contribution < -0.4 is 20.3 Å². The largest absolute Gasteiger partial charge is 0.497 e. The van der Waals surface area contributed by atoms with Gasteiger partial charge in [-0.3, -0.25) is 14.4 Å². The van der Waals surface area contributed by atoms with E-state index in [1.165, 1.54) is 28.0 Å². The number of carbonyl (C=O) groups is 3. The Labute approximate surface area is 234 Å². The molecular weight excluding hydrogens is 530 g/mol. The van der Waals surface area contributed by atoms with Crippen LogP contribution in [0.1, 0.15) is 20.8 Å². The number of thiophene rings is 1. The average molecular weight is 556 g/mol. The molecule has 1 aromatic heterocycles. The molecule has 1 aliphatic rings. The van der Waals surface area contributed by atoms with Gasteiger partial charge in [0.2, 0.25) is 0 Å². The van der Waals surface area contributed by atoms with E-state index in [-0.39, 0.29) is 16.5 Å². The molecular formula is C30H25N3O4S2. The molecule has 4 aromatic rings. The maximum absolute atomic E-state index is 13.7. The summed E-state index contributed by atoms with van der Waals surface area (Å²) < 4.78 is 5.23. The zero-order valence-electron chi connectivity index (χ0n) is 21.5. The van der Waals surface area contributed by atoms with Gasteiger partial charge in [0, 0.05) is 16.3 Å². The van der Waals surface area contributed by atoms with Crippen LogP contribution in [0.5, 0.6) is 5.75 Å². The summed E-state index contributed by atoms with van der Waals surface area (Å²) in [6, 6.07) is 23.4. The van der Waals surface area contributed by atoms with Crippen molar-refractivity contribution in [2.75, 3.05) is 22.6 Å². The number of ether oxygens (including phenoxy) is 1. The molecule has 196 valence electrons. The van der Waals surface area contributed by atoms with Gasteiger partial charge >= 0.3 is 0 Å². The highest BCUT2D eigenvalue weighted by atomic mass is 32.2. The fourth-order valence-corrected chi connectivity index (χ4v) is 5.50. The van der Waals surface area contributed by atoms with E-state index in [4.69, 9.17) is 4.74 Å². The molecule has 39 heavy (non-hydrogen) atoms. The zero-order valence-corrected chi connectivity index (χ0v) is 23.1. The second kappa shape index (κ2) is 11.2. The molecule has 0 fully saturated rings. The highest BCUT2D eigenvalue weighted by Crippen LogP contribution is 2.38. The van der Waals surface area contributed by atoms with E-state index in [1.54, 1.807) is 55.6 Å². The molecule has 3 amide bonds. The van der Waals surface area contributed by atoms with Crippen LogP contribution in [0.15, 0.2) is 99.7 Å². The predicted octanol–water partition coefficient (Wildman–Crippen LogP) is 6.62. The number of amides is 3. The van der Waals surface area contributed by atoms with E-state index >= 15 is 0 Å². The summed E-state index contributed by atoms with van der Waals surface area (Å²) in [4.78, 5) is 42.5. The Bertz CT molecular complexity index is 1580. The van der Waals surface area contributed by atoms with E-state index in [0.29, 0.717) is 27.7 Å². The first-order valence-corrected chi connectivity index (χ1v) is 13.8. The topological polar surface area (TPSA) is 87.7 Å². The van der Waals surface area contributed by atoms with Gasteiger partial charge in [-0.1, -0.05) is 23.9 Å². The monoisotopic (exact) mass is 555 g/mol. The summed E-state index contributed by atoms with van der Waals surface area (Å²) in [7, 11) is 1.58. The third-order valence-corrected chi connectivity index (χ3v) is 8.19. The molecule has 0 saturated heterocycles. The molecule has 1 aliphatic heterocycles. The number of hydrogen-bond donors (Lipinski definition) is 2. The van der Waals surface area contributed by atoms with Gasteiger partial charge in [-0.15, -0.1) is 11.3 Å². The number of aryl methyl sites for hydroxylation is 2. The summed E-state index contributed by atoms with van der Waals surface area (Å²) in [5, 5.41) is 7.87. The maximum atomic E-state index is 13.7. The molecule has 5 rings (SSSR count). The van der Waals surface area contributed by atoms with Crippen molar-refractivity contribution in [3.63, 3.8) is 0 Å². The average Bonchev–Trinajstić information content (AvgIpc) is 3.56. The quantitative estimate of drug-likeness (QED) is 0.238. The predicted molar refractivity (Wildman–Crippen MR) is 157 cm³/mol. The lowest BCUT2D eigenvalue weighted by Crippen LogP contribution is -2.32. The van der Waals surface area contributed by atoms with Crippen LogP contribution >= 0.6 is 23.1 Å². The number of carbonyl (C=O) groups excluding carboxylic acids is 3. The van der Waals surface area contributed by atoms with Crippen LogP contribution in [-0.4, -0.2) is 24.8 Å². The molecule has 2 N–H and O–H groups in total. The number of benzene rings is 3. The van der Waals surface area contributed by atoms with Crippen molar-refractivity contribution in [3.05, 3.63) is 111 Å². The second-order valence-electron chi connectivity index (χ2n) is 8.83. The van der Waals surface area contributed by atoms with Crippen LogP contribution in [0, 0.1) is 13.8 Å². The van der Waals surface area contributed by atoms with Gasteiger partial charge in [0.05, 0.1) is 17.7 Å². The molecule has 0 spiro atoms. The standard InChI is InChI=1S/C30H25N3O4S2/c1-18-6-11-22(17-19(18)2)33-29(35)26(31-20-7-12-23(37-3)13-8-20)27(30(33)36)39-24-14-9-21(10-15-24)32-28(34)25-5-4-16-38-25/h4-17,31H,1-3H3,(H,32,34). The Morgan fingerprint density at radius 1 is 0.872 bits per heavy atom. The Morgan fingerprint density at radius 2 is 1.59 bits per heavy atom. The van der Waals surface area contributed by atoms with Crippen molar-refractivity contribution in [2.45, 2.75) is 18.7 Å². The minimum Gasteiger partial charge on any atom is -0.497 e. The van der Waals surface area contributed by atoms with Gasteiger partial charge in [-0.25, -0.2) is 4.90 Å². The first-order chi connectivity index (χ1) is 18.8.